The summed E-state index contributed by atoms with van der Waals surface area (Å²) in [4.78, 5) is 3.81. The van der Waals surface area contributed by atoms with Crippen molar-refractivity contribution in [3.05, 3.63) is 24.3 Å². The normalized spacial score (nSPS) is 12.5. The third-order valence-electron chi connectivity index (χ3n) is 1.43. The second-order valence-electron chi connectivity index (χ2n) is 2.91. The molecule has 0 saturated carbocycles. The Bertz CT molecular complexity index is 479. The Hall–Kier alpha value is -1.56. The molecule has 1 rings (SSSR count). The highest BCUT2D eigenvalue weighted by molar-refractivity contribution is 7.86. The summed E-state index contributed by atoms with van der Waals surface area (Å²) in [5.74, 6) is -0.0760. The van der Waals surface area contributed by atoms with Crippen LogP contribution < -0.4 is 0 Å². The van der Waals surface area contributed by atoms with Crippen LogP contribution in [0.25, 0.3) is 0 Å². The summed E-state index contributed by atoms with van der Waals surface area (Å²) in [7, 11) is -3.57. The maximum absolute atomic E-state index is 10.8. The van der Waals surface area contributed by atoms with Crippen LogP contribution in [0.5, 0.6) is 5.75 Å². The number of hydrogen-bond acceptors (Lipinski definition) is 5. The fraction of sp³-hybridized carbons (Fsp3) is 0.222. The van der Waals surface area contributed by atoms with E-state index < -0.39 is 10.1 Å². The lowest BCUT2D eigenvalue weighted by Gasteiger charge is -2.02. The second kappa shape index (κ2) is 4.31. The first-order chi connectivity index (χ1) is 6.88. The van der Waals surface area contributed by atoms with Gasteiger partial charge in [-0.2, -0.15) is 8.42 Å². The standard InChI is InChI=1S/C9H11NO4S/c1-7(14-15(2,12)13)10-8-5-3-4-6-9(8)11/h3-6,11H,1-2H3. The van der Waals surface area contributed by atoms with E-state index in [1.165, 1.54) is 13.0 Å². The Balaban J connectivity index is 2.93. The highest BCUT2D eigenvalue weighted by atomic mass is 32.2. The zero-order valence-electron chi connectivity index (χ0n) is 8.34. The van der Waals surface area contributed by atoms with Gasteiger partial charge in [-0.3, -0.25) is 0 Å². The number of benzene rings is 1. The van der Waals surface area contributed by atoms with E-state index in [0.717, 1.165) is 6.26 Å². The molecule has 0 aliphatic heterocycles. The van der Waals surface area contributed by atoms with E-state index in [-0.39, 0.29) is 17.3 Å². The largest absolute Gasteiger partial charge is 0.506 e. The summed E-state index contributed by atoms with van der Waals surface area (Å²) in [6, 6.07) is 6.31. The average molecular weight is 229 g/mol. The van der Waals surface area contributed by atoms with Crippen LogP contribution in [-0.2, 0) is 14.3 Å². The average Bonchev–Trinajstić information content (AvgIpc) is 2.05. The zero-order chi connectivity index (χ0) is 11.5. The number of aromatic hydroxyl groups is 1. The molecule has 0 bridgehead atoms. The maximum Gasteiger partial charge on any atom is 0.307 e. The number of para-hydroxylation sites is 2. The lowest BCUT2D eigenvalue weighted by Crippen LogP contribution is -2.07. The van der Waals surface area contributed by atoms with Gasteiger partial charge < -0.3 is 9.29 Å². The molecule has 0 aliphatic carbocycles. The number of hydrogen-bond donors (Lipinski definition) is 1. The lowest BCUT2D eigenvalue weighted by molar-refractivity contribution is 0.473. The van der Waals surface area contributed by atoms with Crippen molar-refractivity contribution in [1.29, 1.82) is 0 Å². The van der Waals surface area contributed by atoms with E-state index in [1.807, 2.05) is 0 Å². The smallest absolute Gasteiger partial charge is 0.307 e. The minimum Gasteiger partial charge on any atom is -0.506 e. The first-order valence-corrected chi connectivity index (χ1v) is 5.93. The van der Waals surface area contributed by atoms with Crippen molar-refractivity contribution in [1.82, 2.24) is 0 Å². The first kappa shape index (κ1) is 11.5. The van der Waals surface area contributed by atoms with E-state index in [0.29, 0.717) is 0 Å². The van der Waals surface area contributed by atoms with Gasteiger partial charge in [0.1, 0.15) is 11.4 Å². The SMILES string of the molecule is CC(=Nc1ccccc1O)OS(C)(=O)=O. The van der Waals surface area contributed by atoms with Gasteiger partial charge in [-0.05, 0) is 12.1 Å². The molecule has 0 fully saturated rings. The Labute approximate surface area is 88.2 Å². The van der Waals surface area contributed by atoms with Crippen LogP contribution >= 0.6 is 0 Å². The Morgan fingerprint density at radius 1 is 1.40 bits per heavy atom. The summed E-state index contributed by atoms with van der Waals surface area (Å²) in [5.41, 5.74) is 0.263. The highest BCUT2D eigenvalue weighted by Gasteiger charge is 2.05. The monoisotopic (exact) mass is 229 g/mol. The van der Waals surface area contributed by atoms with Gasteiger partial charge in [-0.1, -0.05) is 12.1 Å². The quantitative estimate of drug-likeness (QED) is 0.472. The molecule has 6 heteroatoms. The maximum atomic E-state index is 10.8. The van der Waals surface area contributed by atoms with E-state index in [4.69, 9.17) is 0 Å². The third kappa shape index (κ3) is 3.99. The van der Waals surface area contributed by atoms with Crippen LogP contribution in [0.4, 0.5) is 5.69 Å². The predicted molar refractivity (Wildman–Crippen MR) is 56.8 cm³/mol. The van der Waals surface area contributed by atoms with Crippen molar-refractivity contribution in [2.75, 3.05) is 6.26 Å². The molecule has 5 nitrogen and oxygen atoms in total. The zero-order valence-corrected chi connectivity index (χ0v) is 9.15. The van der Waals surface area contributed by atoms with Crippen LogP contribution in [0.1, 0.15) is 6.92 Å². The highest BCUT2D eigenvalue weighted by Crippen LogP contribution is 2.25. The van der Waals surface area contributed by atoms with E-state index >= 15 is 0 Å². The molecule has 0 saturated heterocycles. The molecular weight excluding hydrogens is 218 g/mol. The molecule has 0 heterocycles. The van der Waals surface area contributed by atoms with Gasteiger partial charge in [-0.15, -0.1) is 0 Å². The minimum atomic E-state index is -3.57. The molecule has 82 valence electrons. The topological polar surface area (TPSA) is 76.0 Å². The van der Waals surface area contributed by atoms with Gasteiger partial charge in [0, 0.05) is 6.92 Å². The van der Waals surface area contributed by atoms with Crippen molar-refractivity contribution in [3.63, 3.8) is 0 Å². The first-order valence-electron chi connectivity index (χ1n) is 4.11. The van der Waals surface area contributed by atoms with Crippen molar-refractivity contribution < 1.29 is 17.7 Å². The summed E-state index contributed by atoms with van der Waals surface area (Å²) >= 11 is 0. The molecule has 0 aromatic heterocycles. The summed E-state index contributed by atoms with van der Waals surface area (Å²) < 4.78 is 26.0. The predicted octanol–water partition coefficient (Wildman–Crippen LogP) is 1.42. The van der Waals surface area contributed by atoms with E-state index in [2.05, 4.69) is 9.18 Å². The number of nitrogens with zero attached hydrogens (tertiary/aromatic N) is 1. The van der Waals surface area contributed by atoms with Gasteiger partial charge in [0.15, 0.2) is 0 Å². The van der Waals surface area contributed by atoms with Crippen molar-refractivity contribution >= 4 is 21.7 Å². The second-order valence-corrected chi connectivity index (χ2v) is 4.48. The van der Waals surface area contributed by atoms with Gasteiger partial charge in [-0.25, -0.2) is 4.99 Å². The molecule has 15 heavy (non-hydrogen) atoms. The van der Waals surface area contributed by atoms with Crippen LogP contribution in [0, 0.1) is 0 Å². The number of phenols is 1. The van der Waals surface area contributed by atoms with Gasteiger partial charge >= 0.3 is 10.1 Å². The fourth-order valence-electron chi connectivity index (χ4n) is 0.966. The summed E-state index contributed by atoms with van der Waals surface area (Å²) in [5, 5.41) is 9.35. The van der Waals surface area contributed by atoms with Crippen LogP contribution in [-0.4, -0.2) is 25.7 Å². The molecule has 1 aromatic rings. The van der Waals surface area contributed by atoms with Crippen LogP contribution in [0.3, 0.4) is 0 Å². The fourth-order valence-corrected chi connectivity index (χ4v) is 1.44. The minimum absolute atomic E-state index is 0.0334. The Morgan fingerprint density at radius 3 is 2.53 bits per heavy atom. The summed E-state index contributed by atoms with van der Waals surface area (Å²) in [6.45, 7) is 1.40. The van der Waals surface area contributed by atoms with Crippen LogP contribution in [0.2, 0.25) is 0 Å². The van der Waals surface area contributed by atoms with Crippen LogP contribution in [0.15, 0.2) is 29.3 Å². The molecule has 1 N–H and O–H groups in total. The van der Waals surface area contributed by atoms with Gasteiger partial charge in [0.2, 0.25) is 5.90 Å². The molecular formula is C9H11NO4S. The molecule has 0 radical (unpaired) electrons. The number of phenolic OH excluding ortho intramolecular Hbond substituents is 1. The molecule has 0 amide bonds. The lowest BCUT2D eigenvalue weighted by atomic mass is 10.3. The molecule has 0 aliphatic rings. The Kier molecular flexibility index (Phi) is 3.31. The molecule has 0 spiro atoms. The van der Waals surface area contributed by atoms with E-state index in [1.54, 1.807) is 18.2 Å². The number of aliphatic imine (C=N–C) groups is 1. The van der Waals surface area contributed by atoms with Crippen molar-refractivity contribution in [2.45, 2.75) is 6.92 Å². The summed E-state index contributed by atoms with van der Waals surface area (Å²) in [6.07, 6.45) is 0.927. The van der Waals surface area contributed by atoms with Crippen molar-refractivity contribution in [3.8, 4) is 5.75 Å². The molecule has 1 aromatic carbocycles. The molecule has 0 atom stereocenters. The van der Waals surface area contributed by atoms with Gasteiger partial charge in [0.05, 0.1) is 6.26 Å². The van der Waals surface area contributed by atoms with Gasteiger partial charge in [0.25, 0.3) is 0 Å². The van der Waals surface area contributed by atoms with E-state index in [9.17, 15) is 13.5 Å². The third-order valence-corrected chi connectivity index (χ3v) is 1.98. The number of rotatable bonds is 2. The van der Waals surface area contributed by atoms with Crippen molar-refractivity contribution in [2.24, 2.45) is 4.99 Å². The molecule has 0 unspecified atom stereocenters. The Morgan fingerprint density at radius 2 is 2.00 bits per heavy atom.